The van der Waals surface area contributed by atoms with E-state index >= 15 is 0 Å². The van der Waals surface area contributed by atoms with Crippen LogP contribution in [-0.4, -0.2) is 27.5 Å². The van der Waals surface area contributed by atoms with Crippen LogP contribution in [0.1, 0.15) is 39.5 Å². The minimum atomic E-state index is -1.68. The van der Waals surface area contributed by atoms with E-state index in [4.69, 9.17) is 21.8 Å². The van der Waals surface area contributed by atoms with Crippen LogP contribution in [0.2, 0.25) is 0 Å². The Bertz CT molecular complexity index is 226. The Labute approximate surface area is 94.2 Å². The van der Waals surface area contributed by atoms with Crippen LogP contribution in [0.15, 0.2) is 0 Å². The van der Waals surface area contributed by atoms with E-state index in [1.54, 1.807) is 6.92 Å². The minimum absolute atomic E-state index is 0.0744. The SMILES string of the molecule is CCC(Cl)CCC(CC)(C(=O)O)C(=O)O. The van der Waals surface area contributed by atoms with Gasteiger partial charge >= 0.3 is 11.9 Å². The molecule has 0 aromatic carbocycles. The summed E-state index contributed by atoms with van der Waals surface area (Å²) in [6.45, 7) is 3.45. The number of halogens is 1. The summed E-state index contributed by atoms with van der Waals surface area (Å²) >= 11 is 5.85. The van der Waals surface area contributed by atoms with Gasteiger partial charge in [-0.25, -0.2) is 0 Å². The minimum Gasteiger partial charge on any atom is -0.480 e. The average molecular weight is 237 g/mol. The van der Waals surface area contributed by atoms with Crippen molar-refractivity contribution in [2.45, 2.75) is 44.9 Å². The molecule has 0 amide bonds. The van der Waals surface area contributed by atoms with E-state index in [1.807, 2.05) is 6.92 Å². The van der Waals surface area contributed by atoms with Crippen LogP contribution in [0.3, 0.4) is 0 Å². The van der Waals surface area contributed by atoms with E-state index in [9.17, 15) is 9.59 Å². The number of carbonyl (C=O) groups is 2. The monoisotopic (exact) mass is 236 g/mol. The van der Waals surface area contributed by atoms with E-state index in [1.165, 1.54) is 0 Å². The molecule has 4 nitrogen and oxygen atoms in total. The molecule has 1 atom stereocenters. The van der Waals surface area contributed by atoms with Crippen molar-refractivity contribution in [2.75, 3.05) is 0 Å². The second kappa shape index (κ2) is 5.95. The molecule has 0 bridgehead atoms. The van der Waals surface area contributed by atoms with Crippen LogP contribution in [0.25, 0.3) is 0 Å². The number of aliphatic carboxylic acids is 2. The normalized spacial score (nSPS) is 13.5. The number of alkyl halides is 1. The maximum Gasteiger partial charge on any atom is 0.321 e. The predicted octanol–water partition coefficient (Wildman–Crippen LogP) is 2.35. The van der Waals surface area contributed by atoms with Crippen LogP contribution in [-0.2, 0) is 9.59 Å². The lowest BCUT2D eigenvalue weighted by Crippen LogP contribution is -2.39. The Morgan fingerprint density at radius 1 is 1.27 bits per heavy atom. The molecule has 2 N–H and O–H groups in total. The summed E-state index contributed by atoms with van der Waals surface area (Å²) in [5.41, 5.74) is -1.68. The first-order valence-corrected chi connectivity index (χ1v) is 5.45. The Kier molecular flexibility index (Phi) is 5.65. The smallest absolute Gasteiger partial charge is 0.321 e. The van der Waals surface area contributed by atoms with Gasteiger partial charge in [-0.2, -0.15) is 0 Å². The Balaban J connectivity index is 4.64. The van der Waals surface area contributed by atoms with Gasteiger partial charge in [0.15, 0.2) is 5.41 Å². The molecular weight excluding hydrogens is 220 g/mol. The maximum atomic E-state index is 11.0. The third-order valence-electron chi connectivity index (χ3n) is 2.75. The van der Waals surface area contributed by atoms with Gasteiger partial charge in [0.25, 0.3) is 0 Å². The zero-order chi connectivity index (χ0) is 12.1. The van der Waals surface area contributed by atoms with E-state index in [0.717, 1.165) is 0 Å². The molecule has 15 heavy (non-hydrogen) atoms. The summed E-state index contributed by atoms with van der Waals surface area (Å²) in [5, 5.41) is 17.8. The molecule has 0 rings (SSSR count). The number of carboxylic acids is 2. The maximum absolute atomic E-state index is 11.0. The lowest BCUT2D eigenvalue weighted by Gasteiger charge is -2.23. The van der Waals surface area contributed by atoms with Crippen molar-refractivity contribution in [1.29, 1.82) is 0 Å². The largest absolute Gasteiger partial charge is 0.480 e. The summed E-state index contributed by atoms with van der Waals surface area (Å²) in [4.78, 5) is 21.9. The van der Waals surface area contributed by atoms with Crippen molar-refractivity contribution in [2.24, 2.45) is 5.41 Å². The van der Waals surface area contributed by atoms with Crippen molar-refractivity contribution < 1.29 is 19.8 Å². The fourth-order valence-electron chi connectivity index (χ4n) is 1.39. The summed E-state index contributed by atoms with van der Waals surface area (Å²) in [6.07, 6.45) is 1.27. The fraction of sp³-hybridized carbons (Fsp3) is 0.800. The molecule has 0 saturated carbocycles. The molecule has 0 aromatic heterocycles. The lowest BCUT2D eigenvalue weighted by molar-refractivity contribution is -0.165. The van der Waals surface area contributed by atoms with Crippen LogP contribution >= 0.6 is 11.6 Å². The third-order valence-corrected chi connectivity index (χ3v) is 3.28. The standard InChI is InChI=1S/C10H17ClO4/c1-3-7(11)5-6-10(4-2,8(12)13)9(14)15/h7H,3-6H2,1-2H3,(H,12,13)(H,14,15). The highest BCUT2D eigenvalue weighted by molar-refractivity contribution is 6.20. The highest BCUT2D eigenvalue weighted by Gasteiger charge is 2.44. The Morgan fingerprint density at radius 2 is 1.73 bits per heavy atom. The Hall–Kier alpha value is -0.770. The van der Waals surface area contributed by atoms with Gasteiger partial charge in [-0.3, -0.25) is 9.59 Å². The summed E-state index contributed by atoms with van der Waals surface area (Å²) in [5.74, 6) is -2.56. The molecular formula is C10H17ClO4. The molecule has 0 heterocycles. The fourth-order valence-corrected chi connectivity index (χ4v) is 1.50. The molecule has 0 saturated heterocycles. The van der Waals surface area contributed by atoms with Crippen molar-refractivity contribution >= 4 is 23.5 Å². The Morgan fingerprint density at radius 3 is 2.00 bits per heavy atom. The van der Waals surface area contributed by atoms with Crippen molar-refractivity contribution in [1.82, 2.24) is 0 Å². The highest BCUT2D eigenvalue weighted by Crippen LogP contribution is 2.31. The van der Waals surface area contributed by atoms with Crippen molar-refractivity contribution in [3.63, 3.8) is 0 Å². The molecule has 5 heteroatoms. The second-order valence-corrected chi connectivity index (χ2v) is 4.21. The van der Waals surface area contributed by atoms with Crippen LogP contribution < -0.4 is 0 Å². The van der Waals surface area contributed by atoms with Gasteiger partial charge in [0.2, 0.25) is 0 Å². The van der Waals surface area contributed by atoms with E-state index in [0.29, 0.717) is 12.8 Å². The lowest BCUT2D eigenvalue weighted by atomic mass is 9.80. The van der Waals surface area contributed by atoms with Gasteiger partial charge in [-0.1, -0.05) is 13.8 Å². The quantitative estimate of drug-likeness (QED) is 0.526. The molecule has 0 aromatic rings. The molecule has 0 aliphatic rings. The first-order valence-electron chi connectivity index (χ1n) is 5.01. The van der Waals surface area contributed by atoms with Gasteiger partial charge in [0.05, 0.1) is 0 Å². The number of hydrogen-bond acceptors (Lipinski definition) is 2. The number of carboxylic acid groups (broad SMARTS) is 2. The van der Waals surface area contributed by atoms with Crippen molar-refractivity contribution in [3.8, 4) is 0 Å². The predicted molar refractivity (Wildman–Crippen MR) is 57.2 cm³/mol. The van der Waals surface area contributed by atoms with Crippen LogP contribution in [0, 0.1) is 5.41 Å². The molecule has 0 aliphatic heterocycles. The van der Waals surface area contributed by atoms with Gasteiger partial charge in [0, 0.05) is 5.38 Å². The molecule has 88 valence electrons. The van der Waals surface area contributed by atoms with Crippen molar-refractivity contribution in [3.05, 3.63) is 0 Å². The number of hydrogen-bond donors (Lipinski definition) is 2. The zero-order valence-electron chi connectivity index (χ0n) is 8.99. The van der Waals surface area contributed by atoms with E-state index in [2.05, 4.69) is 0 Å². The first-order chi connectivity index (χ1) is 6.90. The zero-order valence-corrected chi connectivity index (χ0v) is 9.75. The first kappa shape index (κ1) is 14.2. The molecule has 0 spiro atoms. The van der Waals surface area contributed by atoms with Gasteiger partial charge in [-0.15, -0.1) is 11.6 Å². The van der Waals surface area contributed by atoms with Gasteiger partial charge in [0.1, 0.15) is 0 Å². The molecule has 1 unspecified atom stereocenters. The summed E-state index contributed by atoms with van der Waals surface area (Å²) < 4.78 is 0. The molecule has 0 fully saturated rings. The van der Waals surface area contributed by atoms with E-state index in [-0.39, 0.29) is 18.2 Å². The van der Waals surface area contributed by atoms with Gasteiger partial charge in [-0.05, 0) is 25.7 Å². The van der Waals surface area contributed by atoms with Crippen LogP contribution in [0.4, 0.5) is 0 Å². The summed E-state index contributed by atoms with van der Waals surface area (Å²) in [6, 6.07) is 0. The second-order valence-electron chi connectivity index (χ2n) is 3.59. The topological polar surface area (TPSA) is 74.6 Å². The van der Waals surface area contributed by atoms with Crippen LogP contribution in [0.5, 0.6) is 0 Å². The summed E-state index contributed by atoms with van der Waals surface area (Å²) in [7, 11) is 0. The average Bonchev–Trinajstić information content (AvgIpc) is 2.18. The third kappa shape index (κ3) is 3.38. The highest BCUT2D eigenvalue weighted by atomic mass is 35.5. The molecule has 0 radical (unpaired) electrons. The molecule has 0 aliphatic carbocycles. The van der Waals surface area contributed by atoms with E-state index < -0.39 is 17.4 Å². The number of rotatable bonds is 7. The van der Waals surface area contributed by atoms with Gasteiger partial charge < -0.3 is 10.2 Å².